The maximum absolute atomic E-state index is 13.5. The van der Waals surface area contributed by atoms with Crippen molar-refractivity contribution in [1.29, 1.82) is 0 Å². The number of halogens is 2. The zero-order valence-electron chi connectivity index (χ0n) is 16.9. The number of nitrogens with zero attached hydrogens (tertiary/aromatic N) is 2. The van der Waals surface area contributed by atoms with E-state index in [0.29, 0.717) is 58.5 Å². The fraction of sp³-hybridized carbons (Fsp3) is 0.217. The summed E-state index contributed by atoms with van der Waals surface area (Å²) in [5.41, 5.74) is 1.74. The van der Waals surface area contributed by atoms with Gasteiger partial charge in [-0.25, -0.2) is 4.68 Å². The summed E-state index contributed by atoms with van der Waals surface area (Å²) in [5, 5.41) is 4.46. The number of aromatic amines is 1. The lowest BCUT2D eigenvalue weighted by Crippen LogP contribution is -2.23. The molecule has 0 unspecified atom stereocenters. The van der Waals surface area contributed by atoms with Gasteiger partial charge in [-0.1, -0.05) is 47.5 Å². The highest BCUT2D eigenvalue weighted by Crippen LogP contribution is 2.27. The van der Waals surface area contributed by atoms with E-state index in [1.807, 2.05) is 19.1 Å². The zero-order chi connectivity index (χ0) is 22.0. The molecular formula is C23H21Cl2N3O3. The van der Waals surface area contributed by atoms with Gasteiger partial charge in [0, 0.05) is 30.8 Å². The van der Waals surface area contributed by atoms with Crippen molar-refractivity contribution >= 4 is 34.1 Å². The number of H-pyrrole nitrogens is 1. The van der Waals surface area contributed by atoms with Crippen LogP contribution in [-0.2, 0) is 11.3 Å². The van der Waals surface area contributed by atoms with Crippen LogP contribution in [0.25, 0.3) is 27.8 Å². The summed E-state index contributed by atoms with van der Waals surface area (Å²) in [6.07, 6.45) is 0.642. The first-order chi connectivity index (χ1) is 15.0. The highest BCUT2D eigenvalue weighted by atomic mass is 35.5. The van der Waals surface area contributed by atoms with Gasteiger partial charge in [-0.3, -0.25) is 14.7 Å². The molecule has 0 saturated heterocycles. The second kappa shape index (κ2) is 9.14. The van der Waals surface area contributed by atoms with Gasteiger partial charge in [0.05, 0.1) is 27.3 Å². The van der Waals surface area contributed by atoms with Gasteiger partial charge in [0.2, 0.25) is 0 Å². The van der Waals surface area contributed by atoms with Gasteiger partial charge in [0.25, 0.3) is 11.1 Å². The first-order valence-corrected chi connectivity index (χ1v) is 10.7. The Kier molecular flexibility index (Phi) is 6.32. The number of fused-ring (bicyclic) bond motifs is 1. The third kappa shape index (κ3) is 4.19. The third-order valence-electron chi connectivity index (χ3n) is 5.04. The number of pyridine rings is 1. The predicted molar refractivity (Wildman–Crippen MR) is 125 cm³/mol. The standard InChI is InChI=1S/C23H21Cl2N3O3/c1-2-31-13-5-12-27-20(29)14-18-21(22(27)15-8-10-16(24)11-9-15)23(30)28(26-18)19-7-4-3-6-17(19)25/h3-4,6-11,14,26H,2,5,12-13H2,1H3. The molecule has 0 aliphatic heterocycles. The van der Waals surface area contributed by atoms with E-state index >= 15 is 0 Å². The SMILES string of the molecule is CCOCCCn1c(-c2ccc(Cl)cc2)c2c(=O)n(-c3ccccc3Cl)[nH]c2cc1=O. The summed E-state index contributed by atoms with van der Waals surface area (Å²) >= 11 is 12.4. The van der Waals surface area contributed by atoms with Crippen LogP contribution in [0.5, 0.6) is 0 Å². The summed E-state index contributed by atoms with van der Waals surface area (Å²) in [5.74, 6) is 0. The van der Waals surface area contributed by atoms with Crippen molar-refractivity contribution in [3.63, 3.8) is 0 Å². The van der Waals surface area contributed by atoms with E-state index in [4.69, 9.17) is 27.9 Å². The minimum atomic E-state index is -0.286. The van der Waals surface area contributed by atoms with Crippen molar-refractivity contribution in [2.75, 3.05) is 13.2 Å². The number of benzene rings is 2. The van der Waals surface area contributed by atoms with E-state index in [1.54, 1.807) is 41.0 Å². The number of ether oxygens (including phenoxy) is 1. The smallest absolute Gasteiger partial charge is 0.281 e. The molecule has 0 aliphatic rings. The van der Waals surface area contributed by atoms with Crippen LogP contribution in [0.2, 0.25) is 10.0 Å². The molecule has 31 heavy (non-hydrogen) atoms. The molecule has 0 saturated carbocycles. The predicted octanol–water partition coefficient (Wildman–Crippen LogP) is 4.88. The van der Waals surface area contributed by atoms with Crippen LogP contribution in [0.15, 0.2) is 64.2 Å². The molecule has 0 spiro atoms. The van der Waals surface area contributed by atoms with Crippen LogP contribution in [0, 0.1) is 0 Å². The number of nitrogens with one attached hydrogen (secondary N) is 1. The van der Waals surface area contributed by atoms with Crippen LogP contribution < -0.4 is 11.1 Å². The minimum absolute atomic E-state index is 0.207. The fourth-order valence-electron chi connectivity index (χ4n) is 3.64. The summed E-state index contributed by atoms with van der Waals surface area (Å²) in [7, 11) is 0. The summed E-state index contributed by atoms with van der Waals surface area (Å²) in [4.78, 5) is 26.5. The van der Waals surface area contributed by atoms with Gasteiger partial charge in [-0.2, -0.15) is 0 Å². The van der Waals surface area contributed by atoms with Gasteiger partial charge >= 0.3 is 0 Å². The Bertz CT molecular complexity index is 1340. The fourth-order valence-corrected chi connectivity index (χ4v) is 3.98. The molecule has 4 aromatic rings. The van der Waals surface area contributed by atoms with Crippen molar-refractivity contribution < 1.29 is 4.74 Å². The van der Waals surface area contributed by atoms with Gasteiger partial charge in [-0.15, -0.1) is 0 Å². The molecule has 2 aromatic heterocycles. The van der Waals surface area contributed by atoms with Crippen molar-refractivity contribution in [2.45, 2.75) is 19.9 Å². The molecule has 0 radical (unpaired) electrons. The lowest BCUT2D eigenvalue weighted by Gasteiger charge is -2.14. The van der Waals surface area contributed by atoms with Crippen LogP contribution in [0.1, 0.15) is 13.3 Å². The van der Waals surface area contributed by atoms with Crippen molar-refractivity contribution in [3.05, 3.63) is 85.4 Å². The Labute approximate surface area is 188 Å². The largest absolute Gasteiger partial charge is 0.382 e. The van der Waals surface area contributed by atoms with E-state index in [0.717, 1.165) is 5.56 Å². The zero-order valence-corrected chi connectivity index (χ0v) is 18.4. The molecule has 8 heteroatoms. The quantitative estimate of drug-likeness (QED) is 0.402. The van der Waals surface area contributed by atoms with Gasteiger partial charge in [-0.05, 0) is 43.2 Å². The Morgan fingerprint density at radius 1 is 1.03 bits per heavy atom. The molecule has 0 amide bonds. The number of hydrogen-bond donors (Lipinski definition) is 1. The Morgan fingerprint density at radius 2 is 1.77 bits per heavy atom. The number of aromatic nitrogens is 3. The van der Waals surface area contributed by atoms with Gasteiger partial charge < -0.3 is 9.30 Å². The molecule has 1 N–H and O–H groups in total. The minimum Gasteiger partial charge on any atom is -0.382 e. The number of para-hydroxylation sites is 1. The second-order valence-corrected chi connectivity index (χ2v) is 7.88. The monoisotopic (exact) mass is 457 g/mol. The lowest BCUT2D eigenvalue weighted by molar-refractivity contribution is 0.141. The van der Waals surface area contributed by atoms with Crippen LogP contribution in [0.4, 0.5) is 0 Å². The number of hydrogen-bond acceptors (Lipinski definition) is 3. The molecule has 0 fully saturated rings. The topological polar surface area (TPSA) is 69.0 Å². The summed E-state index contributed by atoms with van der Waals surface area (Å²) < 4.78 is 8.42. The normalized spacial score (nSPS) is 11.3. The van der Waals surface area contributed by atoms with Crippen molar-refractivity contribution in [3.8, 4) is 16.9 Å². The van der Waals surface area contributed by atoms with E-state index in [2.05, 4.69) is 5.10 Å². The molecule has 0 atom stereocenters. The first-order valence-electron chi connectivity index (χ1n) is 9.98. The average Bonchev–Trinajstić information content (AvgIpc) is 3.08. The van der Waals surface area contributed by atoms with Crippen molar-refractivity contribution in [2.24, 2.45) is 0 Å². The molecule has 0 aliphatic carbocycles. The van der Waals surface area contributed by atoms with Gasteiger partial charge in [0.15, 0.2) is 0 Å². The van der Waals surface area contributed by atoms with E-state index in [1.165, 1.54) is 10.7 Å². The van der Waals surface area contributed by atoms with Gasteiger partial charge in [0.1, 0.15) is 0 Å². The summed E-state index contributed by atoms with van der Waals surface area (Å²) in [6, 6.07) is 15.6. The Morgan fingerprint density at radius 3 is 2.48 bits per heavy atom. The van der Waals surface area contributed by atoms with Crippen LogP contribution >= 0.6 is 23.2 Å². The molecule has 2 heterocycles. The molecule has 0 bridgehead atoms. The highest BCUT2D eigenvalue weighted by Gasteiger charge is 2.20. The van der Waals surface area contributed by atoms with Crippen molar-refractivity contribution in [1.82, 2.24) is 14.3 Å². The Hall–Kier alpha value is -2.80. The third-order valence-corrected chi connectivity index (χ3v) is 5.62. The van der Waals surface area contributed by atoms with E-state index in [9.17, 15) is 9.59 Å². The molecule has 160 valence electrons. The van der Waals surface area contributed by atoms with E-state index in [-0.39, 0.29) is 11.1 Å². The lowest BCUT2D eigenvalue weighted by atomic mass is 10.1. The van der Waals surface area contributed by atoms with E-state index < -0.39 is 0 Å². The molecule has 2 aromatic carbocycles. The maximum atomic E-state index is 13.5. The first kappa shape index (κ1) is 21.4. The van der Waals surface area contributed by atoms with Crippen LogP contribution in [0.3, 0.4) is 0 Å². The molecule has 4 rings (SSSR count). The Balaban J connectivity index is 1.98. The molecular weight excluding hydrogens is 437 g/mol. The molecule has 6 nitrogen and oxygen atoms in total. The highest BCUT2D eigenvalue weighted by molar-refractivity contribution is 6.32. The van der Waals surface area contributed by atoms with Crippen LogP contribution in [-0.4, -0.2) is 27.6 Å². The number of rotatable bonds is 7. The summed E-state index contributed by atoms with van der Waals surface area (Å²) in [6.45, 7) is 3.48. The second-order valence-electron chi connectivity index (χ2n) is 7.03. The average molecular weight is 458 g/mol. The maximum Gasteiger partial charge on any atom is 0.281 e.